The zero-order chi connectivity index (χ0) is 12.2. The maximum Gasteiger partial charge on any atom is 0.0345 e. The largest absolute Gasteiger partial charge is 0.296 e. The van der Waals surface area contributed by atoms with Crippen LogP contribution in [0.4, 0.5) is 0 Å². The molecule has 1 radical (unpaired) electrons. The van der Waals surface area contributed by atoms with Crippen molar-refractivity contribution in [2.75, 3.05) is 26.2 Å². The van der Waals surface area contributed by atoms with E-state index < -0.39 is 0 Å². The molecule has 18 heavy (non-hydrogen) atoms. The van der Waals surface area contributed by atoms with Crippen molar-refractivity contribution in [3.8, 4) is 10.4 Å². The summed E-state index contributed by atoms with van der Waals surface area (Å²) in [5.74, 6) is 0. The minimum Gasteiger partial charge on any atom is -0.296 e. The number of thiophene rings is 1. The fraction of sp³-hybridized carbons (Fsp3) is 0.333. The van der Waals surface area contributed by atoms with Crippen LogP contribution in [0.5, 0.6) is 0 Å². The smallest absolute Gasteiger partial charge is 0.0345 e. The van der Waals surface area contributed by atoms with Gasteiger partial charge in [-0.05, 0) is 22.6 Å². The number of rotatable bonds is 3. The Morgan fingerprint density at radius 1 is 1.06 bits per heavy atom. The highest BCUT2D eigenvalue weighted by molar-refractivity contribution is 7.13. The van der Waals surface area contributed by atoms with E-state index in [0.717, 1.165) is 32.7 Å². The Bertz CT molecular complexity index is 487. The van der Waals surface area contributed by atoms with Gasteiger partial charge in [0.05, 0.1) is 0 Å². The molecule has 1 aliphatic rings. The van der Waals surface area contributed by atoms with E-state index in [1.54, 1.807) is 0 Å². The molecule has 1 aromatic heterocycles. The quantitative estimate of drug-likeness (QED) is 0.826. The summed E-state index contributed by atoms with van der Waals surface area (Å²) in [7, 11) is 0. The van der Waals surface area contributed by atoms with E-state index in [1.165, 1.54) is 16.0 Å². The van der Waals surface area contributed by atoms with Crippen LogP contribution in [0.15, 0.2) is 41.8 Å². The van der Waals surface area contributed by atoms with Gasteiger partial charge in [-0.25, -0.2) is 5.32 Å². The van der Waals surface area contributed by atoms with Crippen LogP contribution in [-0.4, -0.2) is 31.1 Å². The van der Waals surface area contributed by atoms with Crippen LogP contribution in [0, 0.1) is 0 Å². The highest BCUT2D eigenvalue weighted by Gasteiger charge is 2.13. The Balaban J connectivity index is 1.83. The predicted octanol–water partition coefficient (Wildman–Crippen LogP) is 2.84. The average Bonchev–Trinajstić information content (AvgIpc) is 2.94. The molecular formula is C15H17N2S. The lowest BCUT2D eigenvalue weighted by atomic mass is 10.1. The van der Waals surface area contributed by atoms with E-state index in [9.17, 15) is 0 Å². The molecule has 2 heterocycles. The van der Waals surface area contributed by atoms with Crippen molar-refractivity contribution in [3.63, 3.8) is 0 Å². The number of hydrogen-bond acceptors (Lipinski definition) is 2. The van der Waals surface area contributed by atoms with Crippen molar-refractivity contribution in [1.82, 2.24) is 10.2 Å². The zero-order valence-corrected chi connectivity index (χ0v) is 11.2. The first-order chi connectivity index (χ1) is 8.93. The summed E-state index contributed by atoms with van der Waals surface area (Å²) in [4.78, 5) is 3.87. The molecule has 0 atom stereocenters. The molecule has 93 valence electrons. The number of benzene rings is 1. The zero-order valence-electron chi connectivity index (χ0n) is 10.4. The van der Waals surface area contributed by atoms with Crippen molar-refractivity contribution >= 4 is 11.3 Å². The Labute approximate surface area is 112 Å². The first-order valence-electron chi connectivity index (χ1n) is 6.41. The third-order valence-corrected chi connectivity index (χ3v) is 4.25. The van der Waals surface area contributed by atoms with Gasteiger partial charge in [-0.3, -0.25) is 4.90 Å². The average molecular weight is 257 g/mol. The normalized spacial score (nSPS) is 16.9. The molecule has 3 heteroatoms. The summed E-state index contributed by atoms with van der Waals surface area (Å²) in [5, 5.41) is 6.55. The molecule has 0 saturated carbocycles. The van der Waals surface area contributed by atoms with Crippen LogP contribution >= 0.6 is 11.3 Å². The summed E-state index contributed by atoms with van der Waals surface area (Å²) in [6, 6.07) is 13.1. The first kappa shape index (κ1) is 11.9. The van der Waals surface area contributed by atoms with Gasteiger partial charge in [0.2, 0.25) is 0 Å². The third kappa shape index (κ3) is 2.64. The molecule has 3 rings (SSSR count). The fourth-order valence-electron chi connectivity index (χ4n) is 2.38. The molecule has 0 aliphatic carbocycles. The molecular weight excluding hydrogens is 240 g/mol. The molecule has 1 aliphatic heterocycles. The van der Waals surface area contributed by atoms with Crippen LogP contribution in [-0.2, 0) is 6.54 Å². The fourth-order valence-corrected chi connectivity index (χ4v) is 3.16. The van der Waals surface area contributed by atoms with Gasteiger partial charge in [0.15, 0.2) is 0 Å². The van der Waals surface area contributed by atoms with Crippen molar-refractivity contribution in [2.24, 2.45) is 0 Å². The Kier molecular flexibility index (Phi) is 3.74. The lowest BCUT2D eigenvalue weighted by Gasteiger charge is -2.27. The van der Waals surface area contributed by atoms with Crippen LogP contribution in [0.2, 0.25) is 0 Å². The van der Waals surface area contributed by atoms with E-state index in [-0.39, 0.29) is 0 Å². The van der Waals surface area contributed by atoms with E-state index >= 15 is 0 Å². The maximum absolute atomic E-state index is 4.40. The topological polar surface area (TPSA) is 17.3 Å². The molecule has 2 nitrogen and oxygen atoms in total. The molecule has 0 N–H and O–H groups in total. The minimum atomic E-state index is 0.987. The summed E-state index contributed by atoms with van der Waals surface area (Å²) in [6.45, 7) is 5.21. The molecule has 1 fully saturated rings. The molecule has 2 aromatic rings. The second-order valence-electron chi connectivity index (χ2n) is 4.58. The van der Waals surface area contributed by atoms with Gasteiger partial charge in [-0.1, -0.05) is 30.3 Å². The lowest BCUT2D eigenvalue weighted by Crippen LogP contribution is -2.39. The summed E-state index contributed by atoms with van der Waals surface area (Å²) in [6.07, 6.45) is 0. The van der Waals surface area contributed by atoms with Gasteiger partial charge in [0.25, 0.3) is 0 Å². The summed E-state index contributed by atoms with van der Waals surface area (Å²) >= 11 is 1.82. The Morgan fingerprint density at radius 3 is 2.67 bits per heavy atom. The van der Waals surface area contributed by atoms with E-state index in [2.05, 4.69) is 52.0 Å². The van der Waals surface area contributed by atoms with E-state index in [4.69, 9.17) is 0 Å². The molecule has 0 bridgehead atoms. The summed E-state index contributed by atoms with van der Waals surface area (Å²) in [5.41, 5.74) is 2.82. The van der Waals surface area contributed by atoms with Crippen molar-refractivity contribution < 1.29 is 0 Å². The van der Waals surface area contributed by atoms with Crippen LogP contribution in [0.1, 0.15) is 5.56 Å². The number of piperazine rings is 1. The highest BCUT2D eigenvalue weighted by atomic mass is 32.1. The van der Waals surface area contributed by atoms with Crippen molar-refractivity contribution in [3.05, 3.63) is 47.3 Å². The van der Waals surface area contributed by atoms with Gasteiger partial charge >= 0.3 is 0 Å². The van der Waals surface area contributed by atoms with Crippen LogP contribution < -0.4 is 5.32 Å². The van der Waals surface area contributed by atoms with Crippen molar-refractivity contribution in [2.45, 2.75) is 6.54 Å². The third-order valence-electron chi connectivity index (χ3n) is 3.35. The second kappa shape index (κ2) is 5.65. The van der Waals surface area contributed by atoms with Gasteiger partial charge < -0.3 is 0 Å². The maximum atomic E-state index is 4.40. The Morgan fingerprint density at radius 2 is 1.89 bits per heavy atom. The van der Waals surface area contributed by atoms with Gasteiger partial charge in [0, 0.05) is 37.6 Å². The van der Waals surface area contributed by atoms with Gasteiger partial charge in [-0.15, -0.1) is 11.3 Å². The van der Waals surface area contributed by atoms with Gasteiger partial charge in [0.1, 0.15) is 0 Å². The highest BCUT2D eigenvalue weighted by Crippen LogP contribution is 2.28. The van der Waals surface area contributed by atoms with E-state index in [1.807, 2.05) is 11.3 Å². The van der Waals surface area contributed by atoms with E-state index in [0.29, 0.717) is 0 Å². The molecule has 0 spiro atoms. The van der Waals surface area contributed by atoms with Crippen LogP contribution in [0.3, 0.4) is 0 Å². The second-order valence-corrected chi connectivity index (χ2v) is 5.53. The predicted molar refractivity (Wildman–Crippen MR) is 76.9 cm³/mol. The Hall–Kier alpha value is -1.16. The van der Waals surface area contributed by atoms with Crippen LogP contribution in [0.25, 0.3) is 10.4 Å². The standard InChI is InChI=1S/C15H17N2S/c1-2-5-14(15-6-3-11-18-15)13(4-1)12-17-9-7-16-8-10-17/h1-6,11H,7-10,12H2. The lowest BCUT2D eigenvalue weighted by molar-refractivity contribution is 0.231. The monoisotopic (exact) mass is 257 g/mol. The minimum absolute atomic E-state index is 0.987. The summed E-state index contributed by atoms with van der Waals surface area (Å²) < 4.78 is 0. The van der Waals surface area contributed by atoms with Crippen molar-refractivity contribution in [1.29, 1.82) is 0 Å². The molecule has 0 unspecified atom stereocenters. The molecule has 0 amide bonds. The SMILES string of the molecule is c1csc(-c2ccccc2CN2CC[N]CC2)c1. The van der Waals surface area contributed by atoms with Gasteiger partial charge in [-0.2, -0.15) is 0 Å². The number of nitrogens with zero attached hydrogens (tertiary/aromatic N) is 2. The first-order valence-corrected chi connectivity index (χ1v) is 7.29. The molecule has 1 aromatic carbocycles. The number of hydrogen-bond donors (Lipinski definition) is 0. The molecule has 1 saturated heterocycles.